The van der Waals surface area contributed by atoms with E-state index in [1.807, 2.05) is 39.0 Å². The van der Waals surface area contributed by atoms with Crippen molar-refractivity contribution in [2.24, 2.45) is 10.2 Å². The van der Waals surface area contributed by atoms with E-state index in [1.165, 1.54) is 11.8 Å². The first kappa shape index (κ1) is 18.4. The van der Waals surface area contributed by atoms with Crippen molar-refractivity contribution < 1.29 is 14.3 Å². The van der Waals surface area contributed by atoms with E-state index in [9.17, 15) is 9.59 Å². The maximum Gasteiger partial charge on any atom is 0.414 e. The molecule has 0 bridgehead atoms. The third kappa shape index (κ3) is 4.43. The molecule has 1 N–H and O–H groups in total. The van der Waals surface area contributed by atoms with Gasteiger partial charge in [0.25, 0.3) is 0 Å². The summed E-state index contributed by atoms with van der Waals surface area (Å²) in [6, 6.07) is 5.85. The predicted octanol–water partition coefficient (Wildman–Crippen LogP) is 2.93. The van der Waals surface area contributed by atoms with E-state index < -0.39 is 5.60 Å². The molecule has 2 aliphatic rings. The second-order valence-corrected chi connectivity index (χ2v) is 8.04. The molecule has 3 rings (SSSR count). The van der Waals surface area contributed by atoms with E-state index in [4.69, 9.17) is 4.74 Å². The minimum Gasteiger partial charge on any atom is -0.443 e. The van der Waals surface area contributed by atoms with Gasteiger partial charge >= 0.3 is 6.09 Å². The predicted molar refractivity (Wildman–Crippen MR) is 104 cm³/mol. The number of amidine groups is 1. The Morgan fingerprint density at radius 1 is 1.38 bits per heavy atom. The molecule has 0 saturated carbocycles. The molecule has 2 heterocycles. The molecule has 2 aliphatic heterocycles. The first-order valence-corrected chi connectivity index (χ1v) is 9.48. The normalized spacial score (nSPS) is 19.0. The Morgan fingerprint density at radius 3 is 2.88 bits per heavy atom. The highest BCUT2D eigenvalue weighted by molar-refractivity contribution is 8.15. The number of aryl methyl sites for hydroxylation is 1. The molecule has 7 nitrogen and oxygen atoms in total. The van der Waals surface area contributed by atoms with Crippen LogP contribution in [0.1, 0.15) is 38.3 Å². The number of ether oxygens (including phenoxy) is 1. The van der Waals surface area contributed by atoms with E-state index in [-0.39, 0.29) is 12.0 Å². The van der Waals surface area contributed by atoms with Crippen molar-refractivity contribution in [2.75, 3.05) is 17.2 Å². The summed E-state index contributed by atoms with van der Waals surface area (Å²) >= 11 is 1.32. The fourth-order valence-electron chi connectivity index (χ4n) is 2.81. The summed E-state index contributed by atoms with van der Waals surface area (Å²) in [5, 5.41) is 11.2. The lowest BCUT2D eigenvalue weighted by Crippen LogP contribution is -2.40. The number of nitrogens with one attached hydrogen (secondary N) is 1. The standard InChI is InChI=1S/C18H22N4O3S/c1-18(2,3)25-17(24)22-9-5-8-12-6-4-7-13(15(12)22)10-19-21-16-20-14(23)11-26-16/h4,6-7,10H,5,8-9,11H2,1-3H3,(H,20,21,23). The molecule has 0 aliphatic carbocycles. The maximum absolute atomic E-state index is 12.6. The second kappa shape index (κ2) is 7.49. The number of carbonyl (C=O) groups is 2. The number of para-hydroxylation sites is 1. The number of anilines is 1. The lowest BCUT2D eigenvalue weighted by Gasteiger charge is -2.32. The van der Waals surface area contributed by atoms with Crippen LogP contribution in [0, 0.1) is 0 Å². The van der Waals surface area contributed by atoms with Gasteiger partial charge < -0.3 is 10.1 Å². The fraction of sp³-hybridized carbons (Fsp3) is 0.444. The van der Waals surface area contributed by atoms with Crippen molar-refractivity contribution in [3.05, 3.63) is 29.3 Å². The Bertz CT molecular complexity index is 783. The summed E-state index contributed by atoms with van der Waals surface area (Å²) < 4.78 is 5.55. The van der Waals surface area contributed by atoms with Crippen molar-refractivity contribution in [1.29, 1.82) is 0 Å². The van der Waals surface area contributed by atoms with Gasteiger partial charge in [-0.15, -0.1) is 5.10 Å². The number of thioether (sulfide) groups is 1. The number of amides is 2. The summed E-state index contributed by atoms with van der Waals surface area (Å²) in [5.41, 5.74) is 2.15. The van der Waals surface area contributed by atoms with Gasteiger partial charge in [0.2, 0.25) is 5.91 Å². The van der Waals surface area contributed by atoms with Crippen LogP contribution in [0.3, 0.4) is 0 Å². The molecule has 0 radical (unpaired) electrons. The minimum atomic E-state index is -0.554. The van der Waals surface area contributed by atoms with Gasteiger partial charge in [-0.3, -0.25) is 9.69 Å². The zero-order valence-electron chi connectivity index (χ0n) is 15.1. The quantitative estimate of drug-likeness (QED) is 0.637. The molecule has 2 amide bonds. The van der Waals surface area contributed by atoms with Crippen LogP contribution >= 0.6 is 11.8 Å². The molecule has 0 aromatic heterocycles. The maximum atomic E-state index is 12.6. The number of carbonyl (C=O) groups excluding carboxylic acids is 2. The minimum absolute atomic E-state index is 0.0721. The number of fused-ring (bicyclic) bond motifs is 1. The third-order valence-corrected chi connectivity index (χ3v) is 4.66. The van der Waals surface area contributed by atoms with Crippen molar-refractivity contribution in [1.82, 2.24) is 5.32 Å². The summed E-state index contributed by atoms with van der Waals surface area (Å²) in [5.74, 6) is 0.291. The van der Waals surface area contributed by atoms with Gasteiger partial charge in [-0.2, -0.15) is 5.10 Å². The molecule has 0 unspecified atom stereocenters. The molecule has 1 saturated heterocycles. The van der Waals surface area contributed by atoms with Gasteiger partial charge in [0.1, 0.15) is 5.60 Å². The zero-order chi connectivity index (χ0) is 18.7. The van der Waals surface area contributed by atoms with Crippen LogP contribution < -0.4 is 10.2 Å². The molecular formula is C18H22N4O3S. The summed E-state index contributed by atoms with van der Waals surface area (Å²) in [7, 11) is 0. The Balaban J connectivity index is 1.86. The Kier molecular flexibility index (Phi) is 5.31. The Hall–Kier alpha value is -2.35. The lowest BCUT2D eigenvalue weighted by atomic mass is 9.98. The van der Waals surface area contributed by atoms with Gasteiger partial charge in [-0.05, 0) is 39.2 Å². The molecule has 1 aromatic carbocycles. The highest BCUT2D eigenvalue weighted by Crippen LogP contribution is 2.31. The average molecular weight is 374 g/mol. The number of hydrogen-bond acceptors (Lipinski definition) is 6. The van der Waals surface area contributed by atoms with Crippen LogP contribution in [0.15, 0.2) is 28.4 Å². The van der Waals surface area contributed by atoms with E-state index in [2.05, 4.69) is 15.5 Å². The smallest absolute Gasteiger partial charge is 0.414 e. The number of nitrogens with zero attached hydrogens (tertiary/aromatic N) is 3. The summed E-state index contributed by atoms with van der Waals surface area (Å²) in [6.45, 7) is 6.17. The largest absolute Gasteiger partial charge is 0.443 e. The number of benzene rings is 1. The van der Waals surface area contributed by atoms with E-state index >= 15 is 0 Å². The van der Waals surface area contributed by atoms with E-state index in [1.54, 1.807) is 11.1 Å². The molecule has 8 heteroatoms. The van der Waals surface area contributed by atoms with Gasteiger partial charge in [-0.1, -0.05) is 30.0 Å². The van der Waals surface area contributed by atoms with Crippen molar-refractivity contribution >= 4 is 40.8 Å². The average Bonchev–Trinajstić information content (AvgIpc) is 2.98. The highest BCUT2D eigenvalue weighted by atomic mass is 32.2. The molecule has 1 fully saturated rings. The Morgan fingerprint density at radius 2 is 2.19 bits per heavy atom. The number of rotatable bonds is 2. The summed E-state index contributed by atoms with van der Waals surface area (Å²) in [6.07, 6.45) is 3.04. The molecule has 0 spiro atoms. The van der Waals surface area contributed by atoms with Gasteiger partial charge in [0.15, 0.2) is 5.17 Å². The van der Waals surface area contributed by atoms with Crippen LogP contribution in [-0.4, -0.2) is 41.3 Å². The zero-order valence-corrected chi connectivity index (χ0v) is 15.9. The SMILES string of the molecule is CC(C)(C)OC(=O)N1CCCc2cccc(C=NN=C3NC(=O)CS3)c21. The van der Waals surface area contributed by atoms with Crippen LogP contribution in [0.2, 0.25) is 0 Å². The summed E-state index contributed by atoms with van der Waals surface area (Å²) in [4.78, 5) is 25.5. The van der Waals surface area contributed by atoms with E-state index in [0.717, 1.165) is 29.7 Å². The van der Waals surface area contributed by atoms with E-state index in [0.29, 0.717) is 17.5 Å². The highest BCUT2D eigenvalue weighted by Gasteiger charge is 2.28. The van der Waals surface area contributed by atoms with Gasteiger partial charge in [-0.25, -0.2) is 4.79 Å². The topological polar surface area (TPSA) is 83.4 Å². The first-order chi connectivity index (χ1) is 12.3. The molecule has 0 atom stereocenters. The van der Waals surface area contributed by atoms with Crippen LogP contribution in [-0.2, 0) is 16.0 Å². The molecule has 26 heavy (non-hydrogen) atoms. The number of hydrogen-bond donors (Lipinski definition) is 1. The first-order valence-electron chi connectivity index (χ1n) is 8.49. The van der Waals surface area contributed by atoms with Crippen molar-refractivity contribution in [3.63, 3.8) is 0 Å². The van der Waals surface area contributed by atoms with Crippen LogP contribution in [0.5, 0.6) is 0 Å². The molecule has 1 aromatic rings. The van der Waals surface area contributed by atoms with Crippen LogP contribution in [0.4, 0.5) is 10.5 Å². The third-order valence-electron chi connectivity index (χ3n) is 3.79. The molecular weight excluding hydrogens is 352 g/mol. The Labute approximate surface area is 156 Å². The lowest BCUT2D eigenvalue weighted by molar-refractivity contribution is -0.116. The second-order valence-electron chi connectivity index (χ2n) is 7.08. The fourth-order valence-corrected chi connectivity index (χ4v) is 3.44. The monoisotopic (exact) mass is 374 g/mol. The van der Waals surface area contributed by atoms with Crippen molar-refractivity contribution in [3.8, 4) is 0 Å². The van der Waals surface area contributed by atoms with Gasteiger partial charge in [0.05, 0.1) is 17.7 Å². The molecule has 138 valence electrons. The van der Waals surface area contributed by atoms with Gasteiger partial charge in [0, 0.05) is 12.1 Å². The van der Waals surface area contributed by atoms with Crippen LogP contribution in [0.25, 0.3) is 0 Å². The van der Waals surface area contributed by atoms with Crippen molar-refractivity contribution in [2.45, 2.75) is 39.2 Å².